The molecule has 106 valence electrons. The van der Waals surface area contributed by atoms with Gasteiger partial charge in [0.2, 0.25) is 0 Å². The Morgan fingerprint density at radius 3 is 1.41 bits per heavy atom. The molecule has 0 unspecified atom stereocenters. The normalized spacial score (nSPS) is 31.1. The monoisotopic (exact) mass is 280 g/mol. The third-order valence-corrected chi connectivity index (χ3v) is 15.7. The van der Waals surface area contributed by atoms with Gasteiger partial charge in [0.25, 0.3) is 0 Å². The summed E-state index contributed by atoms with van der Waals surface area (Å²) < 4.78 is 5.77. The summed E-state index contributed by atoms with van der Waals surface area (Å²) in [6.07, 6.45) is 10.3. The Morgan fingerprint density at radius 2 is 1.18 bits per heavy atom. The Kier molecular flexibility index (Phi) is 4.63. The van der Waals surface area contributed by atoms with E-state index in [1.54, 1.807) is 0 Å². The average molecular weight is 280 g/mol. The van der Waals surface area contributed by atoms with E-state index in [0.29, 0.717) is 0 Å². The summed E-state index contributed by atoms with van der Waals surface area (Å²) in [7, 11) is -0.649. The summed E-state index contributed by atoms with van der Waals surface area (Å²) in [4.78, 5) is 0. The molecule has 0 aromatic carbocycles. The first-order chi connectivity index (χ1) is 7.67. The fourth-order valence-corrected chi connectivity index (χ4v) is 18.2. The Labute approximate surface area is 111 Å². The molecule has 0 N–H and O–H groups in total. The quantitative estimate of drug-likeness (QED) is 0.667. The molecule has 0 radical (unpaired) electrons. The minimum atomic E-state index is -1.69. The van der Waals surface area contributed by atoms with Crippen LogP contribution in [0.4, 0.5) is 0 Å². The Hall–Kier alpha value is 0.700. The molecule has 0 atom stereocenters. The number of nitrogens with zero attached hydrogens (tertiary/aromatic N) is 2. The van der Waals surface area contributed by atoms with Gasteiger partial charge in [-0.2, -0.15) is 0 Å². The van der Waals surface area contributed by atoms with Crippen LogP contribution in [0.1, 0.15) is 39.5 Å². The van der Waals surface area contributed by atoms with Gasteiger partial charge in [-0.1, -0.05) is 0 Å². The first kappa shape index (κ1) is 15.8. The zero-order valence-corrected chi connectivity index (χ0v) is 14.7. The van der Waals surface area contributed by atoms with Gasteiger partial charge in [0.1, 0.15) is 0 Å². The maximum absolute atomic E-state index is 2.89. The van der Waals surface area contributed by atoms with Gasteiger partial charge < -0.3 is 0 Å². The molecule has 0 aliphatic carbocycles. The predicted octanol–water partition coefficient (Wildman–Crippen LogP) is 4.37. The van der Waals surface area contributed by atoms with Crippen LogP contribution in [-0.4, -0.2) is 53.7 Å². The van der Waals surface area contributed by atoms with E-state index in [9.17, 15) is 0 Å². The maximum atomic E-state index is 2.89. The number of unbranched alkanes of at least 4 members (excludes halogenated alkanes) is 2. The standard InChI is InChI=1S/C13H33N2PS/c1-8-10-12-14-16(3,4,5)15(13-11-9-2)17(14,6)7/h8-13H2,1-7H3. The van der Waals surface area contributed by atoms with Crippen LogP contribution >= 0.6 is 17.3 Å². The Balaban J connectivity index is 2.81. The summed E-state index contributed by atoms with van der Waals surface area (Å²) in [6, 6.07) is 0. The molecule has 1 aliphatic heterocycles. The van der Waals surface area contributed by atoms with Crippen LogP contribution in [0, 0.1) is 0 Å². The van der Waals surface area contributed by atoms with E-state index in [1.165, 1.54) is 38.8 Å². The van der Waals surface area contributed by atoms with Crippen LogP contribution < -0.4 is 0 Å². The van der Waals surface area contributed by atoms with Gasteiger partial charge in [0.15, 0.2) is 0 Å². The van der Waals surface area contributed by atoms with E-state index < -0.39 is 17.3 Å². The molecule has 0 aromatic rings. The molecule has 0 saturated carbocycles. The Bertz CT molecular complexity index is 248. The molecule has 2 nitrogen and oxygen atoms in total. The van der Waals surface area contributed by atoms with E-state index in [4.69, 9.17) is 0 Å². The predicted molar refractivity (Wildman–Crippen MR) is 87.4 cm³/mol. The van der Waals surface area contributed by atoms with E-state index in [2.05, 4.69) is 54.5 Å². The second-order valence-corrected chi connectivity index (χ2v) is 16.8. The van der Waals surface area contributed by atoms with E-state index in [-0.39, 0.29) is 0 Å². The SMILES string of the molecule is CCCCN1S(C)(C)N(CCCC)P1(C)(C)C. The third kappa shape index (κ3) is 2.68. The van der Waals surface area contributed by atoms with Gasteiger partial charge in [-0.05, 0) is 0 Å². The topological polar surface area (TPSA) is 6.48 Å². The van der Waals surface area contributed by atoms with Crippen molar-refractivity contribution in [3.63, 3.8) is 0 Å². The van der Waals surface area contributed by atoms with Crippen molar-refractivity contribution in [1.82, 2.24) is 8.15 Å². The summed E-state index contributed by atoms with van der Waals surface area (Å²) >= 11 is 0. The zero-order valence-electron chi connectivity index (χ0n) is 13.0. The van der Waals surface area contributed by atoms with Crippen molar-refractivity contribution in [2.24, 2.45) is 0 Å². The molecule has 0 aromatic heterocycles. The van der Waals surface area contributed by atoms with Crippen molar-refractivity contribution in [1.29, 1.82) is 0 Å². The van der Waals surface area contributed by atoms with Gasteiger partial charge in [-0.15, -0.1) is 0 Å². The number of hydrogen-bond acceptors (Lipinski definition) is 2. The van der Waals surface area contributed by atoms with Gasteiger partial charge in [-0.25, -0.2) is 0 Å². The van der Waals surface area contributed by atoms with Gasteiger partial charge in [-0.3, -0.25) is 0 Å². The first-order valence-corrected chi connectivity index (χ1v) is 12.8. The molecule has 4 heteroatoms. The number of hydrogen-bond donors (Lipinski definition) is 0. The zero-order chi connectivity index (χ0) is 13.3. The van der Waals surface area contributed by atoms with E-state index in [0.717, 1.165) is 0 Å². The fraction of sp³-hybridized carbons (Fsp3) is 1.00. The van der Waals surface area contributed by atoms with Crippen LogP contribution in [-0.2, 0) is 0 Å². The van der Waals surface area contributed by atoms with Crippen LogP contribution in [0.5, 0.6) is 0 Å². The van der Waals surface area contributed by atoms with Crippen molar-refractivity contribution in [2.75, 3.05) is 45.6 Å². The second kappa shape index (κ2) is 5.00. The van der Waals surface area contributed by atoms with Crippen LogP contribution in [0.15, 0.2) is 0 Å². The van der Waals surface area contributed by atoms with Crippen molar-refractivity contribution >= 4 is 17.3 Å². The molecule has 1 rings (SSSR count). The molecule has 1 heterocycles. The van der Waals surface area contributed by atoms with Gasteiger partial charge in [0.05, 0.1) is 0 Å². The van der Waals surface area contributed by atoms with Gasteiger partial charge in [0, 0.05) is 0 Å². The van der Waals surface area contributed by atoms with E-state index in [1.807, 2.05) is 0 Å². The summed E-state index contributed by atoms with van der Waals surface area (Å²) in [5.74, 6) is 0. The van der Waals surface area contributed by atoms with Crippen molar-refractivity contribution in [3.8, 4) is 0 Å². The third-order valence-electron chi connectivity index (χ3n) is 3.98. The molecule has 1 aliphatic rings. The minimum absolute atomic E-state index is 0.649. The molecule has 0 spiro atoms. The van der Waals surface area contributed by atoms with Crippen LogP contribution in [0.3, 0.4) is 0 Å². The molecular formula is C13H33N2PS. The van der Waals surface area contributed by atoms with Crippen molar-refractivity contribution in [2.45, 2.75) is 39.5 Å². The van der Waals surface area contributed by atoms with Crippen molar-refractivity contribution in [3.05, 3.63) is 0 Å². The molecule has 0 bridgehead atoms. The van der Waals surface area contributed by atoms with Gasteiger partial charge >= 0.3 is 111 Å². The fourth-order valence-electron chi connectivity index (χ4n) is 3.29. The second-order valence-electron chi connectivity index (χ2n) is 6.71. The molecule has 1 fully saturated rings. The summed E-state index contributed by atoms with van der Waals surface area (Å²) in [5.41, 5.74) is 0. The molecule has 1 saturated heterocycles. The first-order valence-electron chi connectivity index (χ1n) is 6.97. The molecular weight excluding hydrogens is 247 g/mol. The summed E-state index contributed by atoms with van der Waals surface area (Å²) in [6.45, 7) is 13.1. The average Bonchev–Trinajstić information content (AvgIpc) is 2.15. The Morgan fingerprint density at radius 1 is 0.824 bits per heavy atom. The van der Waals surface area contributed by atoms with Crippen molar-refractivity contribution < 1.29 is 0 Å². The molecule has 17 heavy (non-hydrogen) atoms. The van der Waals surface area contributed by atoms with Crippen LogP contribution in [0.2, 0.25) is 0 Å². The molecule has 0 amide bonds. The van der Waals surface area contributed by atoms with E-state index >= 15 is 0 Å². The van der Waals surface area contributed by atoms with Crippen LogP contribution in [0.25, 0.3) is 0 Å². The summed E-state index contributed by atoms with van der Waals surface area (Å²) in [5, 5.41) is 0. The number of rotatable bonds is 6.